The number of hydrogen-bond acceptors (Lipinski definition) is 5. The number of benzene rings is 3. The number of aryl methyl sites for hydroxylation is 1. The molecule has 150 valence electrons. The zero-order valence-electron chi connectivity index (χ0n) is 15.6. The predicted octanol–water partition coefficient (Wildman–Crippen LogP) is 6.42. The normalized spacial score (nSPS) is 10.8. The summed E-state index contributed by atoms with van der Waals surface area (Å²) in [4.78, 5) is 25.0. The first-order chi connectivity index (χ1) is 14.4. The van der Waals surface area contributed by atoms with Crippen molar-refractivity contribution in [2.24, 2.45) is 0 Å². The van der Waals surface area contributed by atoms with Crippen LogP contribution in [0.2, 0.25) is 10.0 Å². The van der Waals surface area contributed by atoms with E-state index in [2.05, 4.69) is 0 Å². The molecule has 1 aromatic heterocycles. The number of ether oxygens (including phenoxy) is 2. The molecule has 0 spiro atoms. The van der Waals surface area contributed by atoms with Gasteiger partial charge in [-0.2, -0.15) is 0 Å². The Morgan fingerprint density at radius 3 is 2.37 bits per heavy atom. The Bertz CT molecular complexity index is 1310. The van der Waals surface area contributed by atoms with E-state index in [9.17, 15) is 9.59 Å². The smallest absolute Gasteiger partial charge is 0.343 e. The van der Waals surface area contributed by atoms with Gasteiger partial charge in [0.1, 0.15) is 23.3 Å². The van der Waals surface area contributed by atoms with Crippen LogP contribution in [0.5, 0.6) is 17.2 Å². The molecule has 1 heterocycles. The number of halogens is 2. The van der Waals surface area contributed by atoms with Crippen LogP contribution in [-0.4, -0.2) is 5.97 Å². The molecule has 0 aliphatic rings. The largest absolute Gasteiger partial charge is 0.460 e. The topological polar surface area (TPSA) is 65.7 Å². The number of carbonyl (C=O) groups is 1. The lowest BCUT2D eigenvalue weighted by Crippen LogP contribution is -2.09. The van der Waals surface area contributed by atoms with Gasteiger partial charge in [0.25, 0.3) is 0 Å². The van der Waals surface area contributed by atoms with E-state index in [4.69, 9.17) is 37.1 Å². The third kappa shape index (κ3) is 4.17. The lowest BCUT2D eigenvalue weighted by molar-refractivity contribution is 0.0735. The minimum absolute atomic E-state index is 0.0619. The number of esters is 1. The molecular formula is C23H14Cl2O5. The van der Waals surface area contributed by atoms with Gasteiger partial charge in [-0.25, -0.2) is 4.79 Å². The summed E-state index contributed by atoms with van der Waals surface area (Å²) in [6.45, 7) is 1.96. The molecule has 4 aromatic rings. The summed E-state index contributed by atoms with van der Waals surface area (Å²) in [7, 11) is 0. The molecule has 30 heavy (non-hydrogen) atoms. The second kappa shape index (κ2) is 8.22. The summed E-state index contributed by atoms with van der Waals surface area (Å²) in [5, 5.41) is 0.884. The number of rotatable bonds is 4. The summed E-state index contributed by atoms with van der Waals surface area (Å²) < 4.78 is 16.5. The van der Waals surface area contributed by atoms with Gasteiger partial charge < -0.3 is 13.9 Å². The van der Waals surface area contributed by atoms with Crippen molar-refractivity contribution in [2.75, 3.05) is 0 Å². The van der Waals surface area contributed by atoms with Crippen molar-refractivity contribution in [3.8, 4) is 17.2 Å². The lowest BCUT2D eigenvalue weighted by Gasteiger charge is -2.08. The van der Waals surface area contributed by atoms with E-state index in [0.29, 0.717) is 16.2 Å². The van der Waals surface area contributed by atoms with Crippen LogP contribution in [0.4, 0.5) is 0 Å². The Kier molecular flexibility index (Phi) is 5.48. The Labute approximate surface area is 181 Å². The van der Waals surface area contributed by atoms with E-state index in [1.165, 1.54) is 42.7 Å². The Hall–Kier alpha value is -3.28. The fraction of sp³-hybridized carbons (Fsp3) is 0.0435. The van der Waals surface area contributed by atoms with Gasteiger partial charge in [0.2, 0.25) is 11.2 Å². The van der Waals surface area contributed by atoms with Crippen molar-refractivity contribution in [3.63, 3.8) is 0 Å². The quantitative estimate of drug-likeness (QED) is 0.270. The molecule has 0 saturated heterocycles. The van der Waals surface area contributed by atoms with Crippen molar-refractivity contribution < 1.29 is 18.7 Å². The molecule has 0 aliphatic carbocycles. The predicted molar refractivity (Wildman–Crippen MR) is 115 cm³/mol. The van der Waals surface area contributed by atoms with E-state index in [0.717, 1.165) is 5.56 Å². The van der Waals surface area contributed by atoms with Crippen LogP contribution < -0.4 is 14.9 Å². The maximum atomic E-state index is 12.7. The van der Waals surface area contributed by atoms with E-state index in [1.807, 2.05) is 19.1 Å². The summed E-state index contributed by atoms with van der Waals surface area (Å²) >= 11 is 11.8. The molecule has 0 bridgehead atoms. The van der Waals surface area contributed by atoms with Gasteiger partial charge in [-0.3, -0.25) is 4.79 Å². The molecule has 5 nitrogen and oxygen atoms in total. The zero-order valence-corrected chi connectivity index (χ0v) is 17.2. The fourth-order valence-electron chi connectivity index (χ4n) is 2.75. The molecule has 0 radical (unpaired) electrons. The second-order valence-corrected chi connectivity index (χ2v) is 7.33. The number of hydrogen-bond donors (Lipinski definition) is 0. The van der Waals surface area contributed by atoms with Crippen LogP contribution in [0.15, 0.2) is 76.1 Å². The van der Waals surface area contributed by atoms with Gasteiger partial charge in [-0.1, -0.05) is 40.9 Å². The Morgan fingerprint density at radius 2 is 1.63 bits per heavy atom. The molecule has 0 amide bonds. The average Bonchev–Trinajstić information content (AvgIpc) is 2.73. The number of carbonyl (C=O) groups excluding carboxylic acids is 1. The standard InChI is InChI=1S/C23H14Cl2O5/c1-13-2-5-15(6-3-13)29-21-12-28-20-11-16(7-8-17(20)22(21)26)30-23(27)14-4-9-18(24)19(25)10-14/h2-12H,1H3. The first-order valence-electron chi connectivity index (χ1n) is 8.88. The molecule has 7 heteroatoms. The van der Waals surface area contributed by atoms with E-state index >= 15 is 0 Å². The first kappa shape index (κ1) is 20.0. The van der Waals surface area contributed by atoms with Crippen molar-refractivity contribution >= 4 is 40.1 Å². The molecule has 3 aromatic carbocycles. The van der Waals surface area contributed by atoms with E-state index in [1.54, 1.807) is 12.1 Å². The van der Waals surface area contributed by atoms with Crippen molar-refractivity contribution in [3.05, 3.63) is 98.3 Å². The van der Waals surface area contributed by atoms with Gasteiger partial charge in [-0.05, 0) is 49.4 Å². The third-order valence-electron chi connectivity index (χ3n) is 4.33. The highest BCUT2D eigenvalue weighted by Gasteiger charge is 2.14. The number of fused-ring (bicyclic) bond motifs is 1. The monoisotopic (exact) mass is 440 g/mol. The lowest BCUT2D eigenvalue weighted by atomic mass is 10.2. The van der Waals surface area contributed by atoms with Crippen LogP contribution in [0.25, 0.3) is 11.0 Å². The first-order valence-corrected chi connectivity index (χ1v) is 9.63. The van der Waals surface area contributed by atoms with Crippen molar-refractivity contribution in [2.45, 2.75) is 6.92 Å². The second-order valence-electron chi connectivity index (χ2n) is 6.52. The highest BCUT2D eigenvalue weighted by Crippen LogP contribution is 2.26. The molecule has 0 saturated carbocycles. The molecule has 4 rings (SSSR count). The minimum Gasteiger partial charge on any atom is -0.460 e. The molecule has 0 fully saturated rings. The van der Waals surface area contributed by atoms with Crippen LogP contribution in [0, 0.1) is 6.92 Å². The highest BCUT2D eigenvalue weighted by atomic mass is 35.5. The van der Waals surface area contributed by atoms with Gasteiger partial charge >= 0.3 is 5.97 Å². The van der Waals surface area contributed by atoms with Crippen molar-refractivity contribution in [1.82, 2.24) is 0 Å². The Balaban J connectivity index is 1.58. The van der Waals surface area contributed by atoms with Crippen LogP contribution in [-0.2, 0) is 0 Å². The van der Waals surface area contributed by atoms with Gasteiger partial charge in [-0.15, -0.1) is 0 Å². The molecule has 0 N–H and O–H groups in total. The minimum atomic E-state index is -0.616. The maximum Gasteiger partial charge on any atom is 0.343 e. The van der Waals surface area contributed by atoms with Crippen molar-refractivity contribution in [1.29, 1.82) is 0 Å². The SMILES string of the molecule is Cc1ccc(Oc2coc3cc(OC(=O)c4ccc(Cl)c(Cl)c4)ccc3c2=O)cc1. The molecule has 0 aliphatic heterocycles. The fourth-order valence-corrected chi connectivity index (χ4v) is 3.05. The molecule has 0 atom stereocenters. The van der Waals surface area contributed by atoms with E-state index < -0.39 is 5.97 Å². The zero-order chi connectivity index (χ0) is 21.3. The summed E-state index contributed by atoms with van der Waals surface area (Å²) in [5.74, 6) is 0.190. The van der Waals surface area contributed by atoms with Gasteiger partial charge in [0, 0.05) is 6.07 Å². The van der Waals surface area contributed by atoms with Gasteiger partial charge in [0.15, 0.2) is 0 Å². The Morgan fingerprint density at radius 1 is 0.900 bits per heavy atom. The molecule has 0 unspecified atom stereocenters. The van der Waals surface area contributed by atoms with Gasteiger partial charge in [0.05, 0.1) is 21.0 Å². The maximum absolute atomic E-state index is 12.7. The summed E-state index contributed by atoms with van der Waals surface area (Å²) in [6.07, 6.45) is 1.23. The van der Waals surface area contributed by atoms with E-state index in [-0.39, 0.29) is 33.1 Å². The van der Waals surface area contributed by atoms with Crippen LogP contribution >= 0.6 is 23.2 Å². The van der Waals surface area contributed by atoms with Crippen LogP contribution in [0.3, 0.4) is 0 Å². The van der Waals surface area contributed by atoms with Crippen LogP contribution in [0.1, 0.15) is 15.9 Å². The summed E-state index contributed by atoms with van der Waals surface area (Å²) in [6, 6.07) is 16.2. The average molecular weight is 441 g/mol. The summed E-state index contributed by atoms with van der Waals surface area (Å²) in [5.41, 5.74) is 1.25. The highest BCUT2D eigenvalue weighted by molar-refractivity contribution is 6.42. The third-order valence-corrected chi connectivity index (χ3v) is 5.07. The molecular weight excluding hydrogens is 427 g/mol.